The van der Waals surface area contributed by atoms with Crippen LogP contribution in [0.15, 0.2) is 0 Å². The lowest BCUT2D eigenvalue weighted by atomic mass is 10.4. The Bertz CT molecular complexity index is 283. The first-order valence-electron chi connectivity index (χ1n) is 4.69. The van der Waals surface area contributed by atoms with Crippen molar-refractivity contribution in [3.05, 3.63) is 0 Å². The number of sulfonamides is 1. The molecule has 2 aliphatic carbocycles. The van der Waals surface area contributed by atoms with E-state index in [4.69, 9.17) is 0 Å². The van der Waals surface area contributed by atoms with Gasteiger partial charge < -0.3 is 0 Å². The van der Waals surface area contributed by atoms with E-state index in [1.165, 1.54) is 12.8 Å². The molecule has 2 fully saturated rings. The fourth-order valence-electron chi connectivity index (χ4n) is 1.47. The molecule has 0 heterocycles. The predicted molar refractivity (Wildman–Crippen MR) is 55.2 cm³/mol. The predicted octanol–water partition coefficient (Wildman–Crippen LogP) is 1.54. The Labute approximate surface area is 87.7 Å². The number of hydrogen-bond donors (Lipinski definition) is 0. The zero-order valence-corrected chi connectivity index (χ0v) is 9.85. The number of hydrogen-bond acceptors (Lipinski definition) is 2. The van der Waals surface area contributed by atoms with Gasteiger partial charge in [-0.25, -0.2) is 8.42 Å². The van der Waals surface area contributed by atoms with Gasteiger partial charge >= 0.3 is 0 Å². The molecular formula is C8H14BrNO2S. The lowest BCUT2D eigenvalue weighted by Crippen LogP contribution is -2.35. The van der Waals surface area contributed by atoms with Crippen LogP contribution in [0.2, 0.25) is 0 Å². The Morgan fingerprint density at radius 1 is 1.23 bits per heavy atom. The summed E-state index contributed by atoms with van der Waals surface area (Å²) in [7, 11) is -3.00. The van der Waals surface area contributed by atoms with Gasteiger partial charge in [-0.1, -0.05) is 15.9 Å². The van der Waals surface area contributed by atoms with Crippen molar-refractivity contribution in [2.45, 2.75) is 31.7 Å². The average Bonchev–Trinajstić information content (AvgIpc) is 2.92. The minimum Gasteiger partial charge on any atom is -0.211 e. The van der Waals surface area contributed by atoms with Gasteiger partial charge in [0, 0.05) is 12.6 Å². The van der Waals surface area contributed by atoms with E-state index in [9.17, 15) is 8.42 Å². The minimum absolute atomic E-state index is 0.0726. The summed E-state index contributed by atoms with van der Waals surface area (Å²) in [5.74, 6) is 0.648. The maximum absolute atomic E-state index is 11.6. The molecule has 2 aliphatic rings. The van der Waals surface area contributed by atoms with Gasteiger partial charge in [0.2, 0.25) is 10.0 Å². The molecule has 0 radical (unpaired) electrons. The summed E-state index contributed by atoms with van der Waals surface area (Å²) in [5, 5.41) is 0. The van der Waals surface area contributed by atoms with Crippen LogP contribution in [-0.2, 0) is 10.0 Å². The van der Waals surface area contributed by atoms with Crippen LogP contribution in [0, 0.1) is 5.92 Å². The lowest BCUT2D eigenvalue weighted by molar-refractivity contribution is 0.392. The normalized spacial score (nSPS) is 23.8. The van der Waals surface area contributed by atoms with Crippen LogP contribution in [0.3, 0.4) is 0 Å². The summed E-state index contributed by atoms with van der Waals surface area (Å²) in [6.45, 7) is 0.763. The third kappa shape index (κ3) is 2.44. The summed E-state index contributed by atoms with van der Waals surface area (Å²) in [4.78, 5) is 0. The SMILES string of the molecule is O=S(=O)(CBr)N(CC1CC1)C1CC1. The highest BCUT2D eigenvalue weighted by atomic mass is 79.9. The molecule has 0 unspecified atom stereocenters. The lowest BCUT2D eigenvalue weighted by Gasteiger charge is -2.19. The van der Waals surface area contributed by atoms with E-state index in [0.717, 1.165) is 19.4 Å². The number of alkyl halides is 1. The first-order chi connectivity index (χ1) is 6.13. The molecule has 0 aromatic carbocycles. The molecule has 3 nitrogen and oxygen atoms in total. The van der Waals surface area contributed by atoms with Gasteiger partial charge in [-0.15, -0.1) is 0 Å². The van der Waals surface area contributed by atoms with Crippen molar-refractivity contribution in [1.29, 1.82) is 0 Å². The first-order valence-corrected chi connectivity index (χ1v) is 7.42. The summed E-state index contributed by atoms with van der Waals surface area (Å²) < 4.78 is 25.0. The molecule has 0 aliphatic heterocycles. The molecular weight excluding hydrogens is 254 g/mol. The molecule has 0 saturated heterocycles. The molecule has 13 heavy (non-hydrogen) atoms. The van der Waals surface area contributed by atoms with Gasteiger partial charge in [0.25, 0.3) is 0 Å². The average molecular weight is 268 g/mol. The molecule has 0 aromatic rings. The van der Waals surface area contributed by atoms with Crippen LogP contribution in [0.5, 0.6) is 0 Å². The Kier molecular flexibility index (Phi) is 2.68. The summed E-state index contributed by atoms with van der Waals surface area (Å²) in [5.41, 5.74) is 0. The van der Waals surface area contributed by atoms with E-state index >= 15 is 0 Å². The van der Waals surface area contributed by atoms with E-state index in [1.807, 2.05) is 0 Å². The van der Waals surface area contributed by atoms with Gasteiger partial charge in [0.05, 0.1) is 0 Å². The fraction of sp³-hybridized carbons (Fsp3) is 1.00. The topological polar surface area (TPSA) is 37.4 Å². The highest BCUT2D eigenvalue weighted by Crippen LogP contribution is 2.36. The van der Waals surface area contributed by atoms with E-state index in [0.29, 0.717) is 12.0 Å². The maximum Gasteiger partial charge on any atom is 0.224 e. The summed E-state index contributed by atoms with van der Waals surface area (Å²) in [6.07, 6.45) is 4.53. The summed E-state index contributed by atoms with van der Waals surface area (Å²) in [6, 6.07) is 0.322. The molecule has 2 rings (SSSR count). The molecule has 76 valence electrons. The first kappa shape index (κ1) is 9.93. The Hall–Kier alpha value is 0.390. The minimum atomic E-state index is -3.00. The van der Waals surface area contributed by atoms with Crippen molar-refractivity contribution in [2.24, 2.45) is 5.92 Å². The van der Waals surface area contributed by atoms with Crippen molar-refractivity contribution in [3.8, 4) is 0 Å². The Balaban J connectivity index is 2.02. The quantitative estimate of drug-likeness (QED) is 0.709. The smallest absolute Gasteiger partial charge is 0.211 e. The van der Waals surface area contributed by atoms with E-state index in [1.54, 1.807) is 4.31 Å². The highest BCUT2D eigenvalue weighted by Gasteiger charge is 2.39. The molecule has 0 aromatic heterocycles. The van der Waals surface area contributed by atoms with Gasteiger partial charge in [0.1, 0.15) is 4.66 Å². The standard InChI is InChI=1S/C8H14BrNO2S/c9-6-13(11,12)10(8-3-4-8)5-7-1-2-7/h7-8H,1-6H2. The van der Waals surface area contributed by atoms with Gasteiger partial charge in [-0.05, 0) is 31.6 Å². The molecule has 0 amide bonds. The fourth-order valence-corrected chi connectivity index (χ4v) is 3.49. The van der Waals surface area contributed by atoms with Crippen LogP contribution in [0.1, 0.15) is 25.7 Å². The van der Waals surface area contributed by atoms with Crippen molar-refractivity contribution >= 4 is 26.0 Å². The van der Waals surface area contributed by atoms with Crippen LogP contribution in [0.4, 0.5) is 0 Å². The molecule has 2 saturated carbocycles. The van der Waals surface area contributed by atoms with Gasteiger partial charge in [-0.2, -0.15) is 4.31 Å². The largest absolute Gasteiger partial charge is 0.224 e. The van der Waals surface area contributed by atoms with Crippen molar-refractivity contribution in [2.75, 3.05) is 11.2 Å². The maximum atomic E-state index is 11.6. The molecule has 0 atom stereocenters. The van der Waals surface area contributed by atoms with E-state index in [-0.39, 0.29) is 4.66 Å². The van der Waals surface area contributed by atoms with Crippen LogP contribution < -0.4 is 0 Å². The van der Waals surface area contributed by atoms with E-state index in [2.05, 4.69) is 15.9 Å². The van der Waals surface area contributed by atoms with Crippen LogP contribution in [-0.4, -0.2) is 30.0 Å². The molecule has 5 heteroatoms. The molecule has 0 N–H and O–H groups in total. The zero-order valence-electron chi connectivity index (χ0n) is 7.45. The van der Waals surface area contributed by atoms with Gasteiger partial charge in [-0.3, -0.25) is 0 Å². The monoisotopic (exact) mass is 267 g/mol. The van der Waals surface area contributed by atoms with E-state index < -0.39 is 10.0 Å². The number of halogens is 1. The second-order valence-electron chi connectivity index (χ2n) is 3.97. The van der Waals surface area contributed by atoms with Crippen LogP contribution >= 0.6 is 15.9 Å². The zero-order chi connectivity index (χ0) is 9.47. The number of rotatable bonds is 5. The van der Waals surface area contributed by atoms with Crippen LogP contribution in [0.25, 0.3) is 0 Å². The second-order valence-corrected chi connectivity index (χ2v) is 7.19. The van der Waals surface area contributed by atoms with Gasteiger partial charge in [0.15, 0.2) is 0 Å². The Morgan fingerprint density at radius 3 is 2.23 bits per heavy atom. The third-order valence-electron chi connectivity index (χ3n) is 2.58. The number of nitrogens with zero attached hydrogens (tertiary/aromatic N) is 1. The Morgan fingerprint density at radius 2 is 1.85 bits per heavy atom. The third-order valence-corrected chi connectivity index (χ3v) is 5.76. The summed E-state index contributed by atoms with van der Waals surface area (Å²) >= 11 is 3.05. The van der Waals surface area contributed by atoms with Crippen molar-refractivity contribution in [1.82, 2.24) is 4.31 Å². The highest BCUT2D eigenvalue weighted by molar-refractivity contribution is 9.10. The second kappa shape index (κ2) is 3.51. The molecule has 0 spiro atoms. The molecule has 0 bridgehead atoms. The van der Waals surface area contributed by atoms with Crippen molar-refractivity contribution in [3.63, 3.8) is 0 Å². The van der Waals surface area contributed by atoms with Crippen molar-refractivity contribution < 1.29 is 8.42 Å².